The molecule has 0 spiro atoms. The zero-order valence-corrected chi connectivity index (χ0v) is 7.58. The van der Waals surface area contributed by atoms with Crippen molar-refractivity contribution in [2.75, 3.05) is 7.05 Å². The highest BCUT2D eigenvalue weighted by Crippen LogP contribution is 2.32. The molecule has 0 bridgehead atoms. The molecule has 12 heavy (non-hydrogen) atoms. The molecule has 66 valence electrons. The summed E-state index contributed by atoms with van der Waals surface area (Å²) in [5, 5.41) is 8.56. The number of hydrogen-bond acceptors (Lipinski definition) is 2. The number of carbonyl (C=O) groups excluding carboxylic acids is 1. The van der Waals surface area contributed by atoms with Crippen LogP contribution in [0.5, 0.6) is 0 Å². The molecule has 1 rings (SSSR count). The molecule has 0 heterocycles. The van der Waals surface area contributed by atoms with Crippen molar-refractivity contribution in [3.05, 3.63) is 0 Å². The van der Waals surface area contributed by atoms with Crippen LogP contribution in [0.1, 0.15) is 26.2 Å². The molecule has 0 aliphatic heterocycles. The molecule has 1 fully saturated rings. The minimum Gasteiger partial charge on any atom is -0.330 e. The molecule has 1 aliphatic carbocycles. The van der Waals surface area contributed by atoms with E-state index in [0.717, 1.165) is 0 Å². The number of nitriles is 1. The average Bonchev–Trinajstić information content (AvgIpc) is 2.85. The third-order valence-electron chi connectivity index (χ3n) is 2.32. The summed E-state index contributed by atoms with van der Waals surface area (Å²) in [5.74, 6) is 0.706. The van der Waals surface area contributed by atoms with Gasteiger partial charge in [0.1, 0.15) is 6.04 Å². The van der Waals surface area contributed by atoms with Crippen LogP contribution in [0.2, 0.25) is 0 Å². The summed E-state index contributed by atoms with van der Waals surface area (Å²) in [5.41, 5.74) is 0. The van der Waals surface area contributed by atoms with Gasteiger partial charge in [0.2, 0.25) is 5.91 Å². The van der Waals surface area contributed by atoms with E-state index in [4.69, 9.17) is 5.26 Å². The summed E-state index contributed by atoms with van der Waals surface area (Å²) in [6.45, 7) is 1.74. The van der Waals surface area contributed by atoms with Gasteiger partial charge in [-0.2, -0.15) is 5.26 Å². The van der Waals surface area contributed by atoms with Crippen LogP contribution in [0.3, 0.4) is 0 Å². The van der Waals surface area contributed by atoms with Crippen LogP contribution < -0.4 is 0 Å². The van der Waals surface area contributed by atoms with Crippen molar-refractivity contribution in [3.63, 3.8) is 0 Å². The van der Waals surface area contributed by atoms with Crippen LogP contribution >= 0.6 is 0 Å². The van der Waals surface area contributed by atoms with Gasteiger partial charge in [-0.05, 0) is 25.7 Å². The molecular weight excluding hydrogens is 152 g/mol. The summed E-state index contributed by atoms with van der Waals surface area (Å²) in [7, 11) is 1.69. The van der Waals surface area contributed by atoms with Gasteiger partial charge in [-0.1, -0.05) is 0 Å². The lowest BCUT2D eigenvalue weighted by Crippen LogP contribution is -2.34. The summed E-state index contributed by atoms with van der Waals surface area (Å²) in [6.07, 6.45) is 2.99. The second-order valence-electron chi connectivity index (χ2n) is 3.46. The summed E-state index contributed by atoms with van der Waals surface area (Å²) in [6, 6.07) is 1.75. The van der Waals surface area contributed by atoms with E-state index in [9.17, 15) is 4.79 Å². The lowest BCUT2D eigenvalue weighted by molar-refractivity contribution is -0.131. The Bertz CT molecular complexity index is 215. The Morgan fingerprint density at radius 2 is 2.33 bits per heavy atom. The number of amides is 1. The van der Waals surface area contributed by atoms with E-state index in [1.807, 2.05) is 6.07 Å². The predicted molar refractivity (Wildman–Crippen MR) is 45.2 cm³/mol. The molecule has 1 aliphatic rings. The van der Waals surface area contributed by atoms with Gasteiger partial charge in [0.05, 0.1) is 6.07 Å². The topological polar surface area (TPSA) is 44.1 Å². The normalized spacial score (nSPS) is 18.1. The van der Waals surface area contributed by atoms with Crippen LogP contribution in [-0.2, 0) is 4.79 Å². The number of rotatable bonds is 3. The van der Waals surface area contributed by atoms with E-state index in [1.165, 1.54) is 17.7 Å². The van der Waals surface area contributed by atoms with Crippen LogP contribution in [0.4, 0.5) is 0 Å². The summed E-state index contributed by atoms with van der Waals surface area (Å²) in [4.78, 5) is 12.9. The standard InChI is InChI=1S/C9H14N2O/c1-7(6-10)11(2)9(12)5-8-3-4-8/h7-8H,3-5H2,1-2H3. The molecule has 0 aromatic rings. The van der Waals surface area contributed by atoms with Crippen molar-refractivity contribution in [2.24, 2.45) is 5.92 Å². The quantitative estimate of drug-likeness (QED) is 0.631. The van der Waals surface area contributed by atoms with Gasteiger partial charge in [-0.25, -0.2) is 0 Å². The first-order valence-corrected chi connectivity index (χ1v) is 4.30. The Hall–Kier alpha value is -1.04. The molecule has 1 amide bonds. The Kier molecular flexibility index (Phi) is 2.69. The van der Waals surface area contributed by atoms with Gasteiger partial charge in [0.15, 0.2) is 0 Å². The zero-order valence-electron chi connectivity index (χ0n) is 7.58. The molecule has 1 atom stereocenters. The van der Waals surface area contributed by atoms with Gasteiger partial charge in [-0.3, -0.25) is 4.79 Å². The maximum Gasteiger partial charge on any atom is 0.223 e. The van der Waals surface area contributed by atoms with Crippen LogP contribution in [0.15, 0.2) is 0 Å². The largest absolute Gasteiger partial charge is 0.330 e. The van der Waals surface area contributed by atoms with Gasteiger partial charge in [0.25, 0.3) is 0 Å². The van der Waals surface area contributed by atoms with E-state index in [-0.39, 0.29) is 11.9 Å². The molecule has 0 aromatic carbocycles. The Labute approximate surface area is 73.0 Å². The first-order valence-electron chi connectivity index (χ1n) is 4.30. The fraction of sp³-hybridized carbons (Fsp3) is 0.778. The second kappa shape index (κ2) is 3.57. The molecule has 1 unspecified atom stereocenters. The third-order valence-corrected chi connectivity index (χ3v) is 2.32. The number of hydrogen-bond donors (Lipinski definition) is 0. The number of carbonyl (C=O) groups is 1. The molecule has 0 radical (unpaired) electrons. The third kappa shape index (κ3) is 2.23. The van der Waals surface area contributed by atoms with E-state index in [0.29, 0.717) is 12.3 Å². The van der Waals surface area contributed by atoms with E-state index in [1.54, 1.807) is 14.0 Å². The van der Waals surface area contributed by atoms with Gasteiger partial charge in [0, 0.05) is 13.5 Å². The zero-order chi connectivity index (χ0) is 9.14. The van der Waals surface area contributed by atoms with Gasteiger partial charge in [-0.15, -0.1) is 0 Å². The molecule has 1 saturated carbocycles. The van der Waals surface area contributed by atoms with Crippen molar-refractivity contribution in [1.82, 2.24) is 4.90 Å². The monoisotopic (exact) mass is 166 g/mol. The summed E-state index contributed by atoms with van der Waals surface area (Å²) < 4.78 is 0. The fourth-order valence-electron chi connectivity index (χ4n) is 1.02. The smallest absolute Gasteiger partial charge is 0.223 e. The minimum absolute atomic E-state index is 0.103. The number of nitrogens with zero attached hydrogens (tertiary/aromatic N) is 2. The minimum atomic E-state index is -0.295. The Morgan fingerprint density at radius 3 is 2.75 bits per heavy atom. The predicted octanol–water partition coefficient (Wildman–Crippen LogP) is 1.16. The van der Waals surface area contributed by atoms with Crippen molar-refractivity contribution in [2.45, 2.75) is 32.2 Å². The Balaban J connectivity index is 2.34. The fourth-order valence-corrected chi connectivity index (χ4v) is 1.02. The molecular formula is C9H14N2O. The Morgan fingerprint density at radius 1 is 1.75 bits per heavy atom. The van der Waals surface area contributed by atoms with E-state index in [2.05, 4.69) is 0 Å². The molecule has 0 saturated heterocycles. The van der Waals surface area contributed by atoms with Crippen molar-refractivity contribution in [3.8, 4) is 6.07 Å². The van der Waals surface area contributed by atoms with E-state index < -0.39 is 0 Å². The van der Waals surface area contributed by atoms with Crippen molar-refractivity contribution < 1.29 is 4.79 Å². The molecule has 0 N–H and O–H groups in total. The van der Waals surface area contributed by atoms with Crippen LogP contribution in [0, 0.1) is 17.2 Å². The highest BCUT2D eigenvalue weighted by atomic mass is 16.2. The highest BCUT2D eigenvalue weighted by molar-refractivity contribution is 5.77. The lowest BCUT2D eigenvalue weighted by atomic mass is 10.2. The SMILES string of the molecule is CC(C#N)N(C)C(=O)CC1CC1. The lowest BCUT2D eigenvalue weighted by Gasteiger charge is -2.18. The highest BCUT2D eigenvalue weighted by Gasteiger charge is 2.27. The first-order chi connectivity index (χ1) is 5.65. The maximum atomic E-state index is 11.4. The summed E-state index contributed by atoms with van der Waals surface area (Å²) >= 11 is 0. The molecule has 3 nitrogen and oxygen atoms in total. The molecule has 0 aromatic heterocycles. The van der Waals surface area contributed by atoms with Crippen LogP contribution in [-0.4, -0.2) is 23.9 Å². The van der Waals surface area contributed by atoms with Crippen molar-refractivity contribution >= 4 is 5.91 Å². The second-order valence-corrected chi connectivity index (χ2v) is 3.46. The van der Waals surface area contributed by atoms with E-state index >= 15 is 0 Å². The van der Waals surface area contributed by atoms with Crippen LogP contribution in [0.25, 0.3) is 0 Å². The van der Waals surface area contributed by atoms with Gasteiger partial charge < -0.3 is 4.90 Å². The maximum absolute atomic E-state index is 11.4. The van der Waals surface area contributed by atoms with Gasteiger partial charge >= 0.3 is 0 Å². The average molecular weight is 166 g/mol. The molecule has 3 heteroatoms. The van der Waals surface area contributed by atoms with Crippen molar-refractivity contribution in [1.29, 1.82) is 5.26 Å². The first kappa shape index (κ1) is 9.05.